The van der Waals surface area contributed by atoms with Crippen molar-refractivity contribution in [2.24, 2.45) is 0 Å². The van der Waals surface area contributed by atoms with Crippen molar-refractivity contribution in [1.82, 2.24) is 9.97 Å². The zero-order valence-electron chi connectivity index (χ0n) is 15.5. The predicted molar refractivity (Wildman–Crippen MR) is 119 cm³/mol. The highest BCUT2D eigenvalue weighted by molar-refractivity contribution is 7.98. The Kier molecular flexibility index (Phi) is 5.57. The average Bonchev–Trinajstić information content (AvgIpc) is 3.13. The third kappa shape index (κ3) is 4.30. The smallest absolute Gasteiger partial charge is 0.152 e. The number of thioether (sulfide) groups is 1. The molecule has 0 aliphatic carbocycles. The van der Waals surface area contributed by atoms with Crippen molar-refractivity contribution in [3.63, 3.8) is 0 Å². The minimum absolute atomic E-state index is 0.0977. The van der Waals surface area contributed by atoms with Crippen LogP contribution in [-0.2, 0) is 15.6 Å². The first-order valence-electron chi connectivity index (χ1n) is 8.93. The molecule has 148 valence electrons. The van der Waals surface area contributed by atoms with Gasteiger partial charge in [0.2, 0.25) is 0 Å². The predicted octanol–water partition coefficient (Wildman–Crippen LogP) is 4.85. The van der Waals surface area contributed by atoms with Crippen LogP contribution >= 0.6 is 34.7 Å². The lowest BCUT2D eigenvalue weighted by atomic mass is 10.2. The summed E-state index contributed by atoms with van der Waals surface area (Å²) in [5.74, 6) is 2.51. The Morgan fingerprint density at radius 2 is 2.00 bits per heavy atom. The molecule has 1 aliphatic heterocycles. The number of fused-ring (bicyclic) bond motifs is 1. The molecule has 0 amide bonds. The van der Waals surface area contributed by atoms with Gasteiger partial charge in [-0.25, -0.2) is 18.4 Å². The lowest BCUT2D eigenvalue weighted by molar-refractivity contribution is 0.602. The Morgan fingerprint density at radius 1 is 1.25 bits per heavy atom. The highest BCUT2D eigenvalue weighted by atomic mass is 35.5. The molecule has 1 fully saturated rings. The van der Waals surface area contributed by atoms with Crippen LogP contribution in [0.25, 0.3) is 10.2 Å². The van der Waals surface area contributed by atoms with E-state index in [2.05, 4.69) is 19.2 Å². The molecule has 5 nitrogen and oxygen atoms in total. The van der Waals surface area contributed by atoms with E-state index in [1.807, 2.05) is 24.3 Å². The number of nitrogens with zero attached hydrogens (tertiary/aromatic N) is 2. The highest BCUT2D eigenvalue weighted by Gasteiger charge is 2.29. The van der Waals surface area contributed by atoms with Gasteiger partial charge in [0.15, 0.2) is 9.84 Å². The number of hydrogen-bond acceptors (Lipinski definition) is 7. The van der Waals surface area contributed by atoms with Crippen molar-refractivity contribution in [1.29, 1.82) is 0 Å². The number of rotatable bonds is 5. The van der Waals surface area contributed by atoms with Crippen molar-refractivity contribution >= 4 is 60.6 Å². The first-order chi connectivity index (χ1) is 13.3. The summed E-state index contributed by atoms with van der Waals surface area (Å²) >= 11 is 9.25. The van der Waals surface area contributed by atoms with E-state index in [1.165, 1.54) is 4.88 Å². The molecule has 1 saturated heterocycles. The van der Waals surface area contributed by atoms with E-state index < -0.39 is 9.84 Å². The van der Waals surface area contributed by atoms with Gasteiger partial charge < -0.3 is 5.32 Å². The number of benzene rings is 1. The summed E-state index contributed by atoms with van der Waals surface area (Å²) < 4.78 is 23.7. The number of halogens is 1. The van der Waals surface area contributed by atoms with E-state index in [1.54, 1.807) is 23.1 Å². The van der Waals surface area contributed by atoms with Crippen molar-refractivity contribution in [2.75, 3.05) is 16.8 Å². The summed E-state index contributed by atoms with van der Waals surface area (Å²) in [7, 11) is -2.95. The molecule has 1 N–H and O–H groups in total. The Labute approximate surface area is 177 Å². The molecule has 0 bridgehead atoms. The van der Waals surface area contributed by atoms with Gasteiger partial charge in [-0.05, 0) is 50.1 Å². The summed E-state index contributed by atoms with van der Waals surface area (Å²) in [5.41, 5.74) is 1.15. The second kappa shape index (κ2) is 7.82. The molecule has 1 atom stereocenters. The minimum Gasteiger partial charge on any atom is -0.366 e. The van der Waals surface area contributed by atoms with Crippen molar-refractivity contribution < 1.29 is 8.42 Å². The van der Waals surface area contributed by atoms with Crippen molar-refractivity contribution in [3.05, 3.63) is 45.6 Å². The zero-order valence-corrected chi connectivity index (χ0v) is 18.7. The Bertz CT molecular complexity index is 1130. The van der Waals surface area contributed by atoms with Crippen LogP contribution in [0.4, 0.5) is 5.82 Å². The fourth-order valence-electron chi connectivity index (χ4n) is 3.24. The van der Waals surface area contributed by atoms with Crippen LogP contribution in [0.1, 0.15) is 22.7 Å². The van der Waals surface area contributed by atoms with Gasteiger partial charge in [-0.2, -0.15) is 0 Å². The number of sulfone groups is 1. The maximum absolute atomic E-state index is 11.8. The maximum Gasteiger partial charge on any atom is 0.152 e. The summed E-state index contributed by atoms with van der Waals surface area (Å²) in [6, 6.07) is 7.60. The molecule has 3 heterocycles. The molecule has 2 aromatic heterocycles. The van der Waals surface area contributed by atoms with Crippen LogP contribution in [0.15, 0.2) is 29.2 Å². The normalized spacial score (nSPS) is 18.6. The third-order valence-electron chi connectivity index (χ3n) is 4.83. The molecular weight excluding hydrogens is 434 g/mol. The third-order valence-corrected chi connectivity index (χ3v) is 8.96. The number of thiophene rings is 1. The molecule has 4 rings (SSSR count). The van der Waals surface area contributed by atoms with E-state index in [4.69, 9.17) is 21.6 Å². The van der Waals surface area contributed by atoms with Crippen LogP contribution in [0.5, 0.6) is 0 Å². The number of nitrogens with one attached hydrogen (secondary N) is 1. The molecule has 1 aliphatic rings. The van der Waals surface area contributed by atoms with Gasteiger partial charge >= 0.3 is 0 Å². The van der Waals surface area contributed by atoms with Gasteiger partial charge in [0, 0.05) is 20.8 Å². The molecule has 9 heteroatoms. The maximum atomic E-state index is 11.8. The van der Waals surface area contributed by atoms with Gasteiger partial charge in [0.1, 0.15) is 16.5 Å². The quantitative estimate of drug-likeness (QED) is 0.556. The van der Waals surface area contributed by atoms with Gasteiger partial charge in [0.05, 0.1) is 22.6 Å². The van der Waals surface area contributed by atoms with E-state index in [9.17, 15) is 8.42 Å². The fourth-order valence-corrected chi connectivity index (χ4v) is 6.84. The van der Waals surface area contributed by atoms with E-state index in [0.717, 1.165) is 32.3 Å². The van der Waals surface area contributed by atoms with E-state index in [0.29, 0.717) is 17.2 Å². The molecule has 0 saturated carbocycles. The Hall–Kier alpha value is -1.35. The standard InChI is InChI=1S/C19H20ClN3O2S3/c1-11-12(2)27-19-17(11)18(21-14-7-8-28(24,25)10-14)22-16(23-19)9-26-15-5-3-13(20)4-6-15/h3-6,14H,7-10H2,1-2H3,(H,21,22,23)/t14-/m1/s1. The lowest BCUT2D eigenvalue weighted by Crippen LogP contribution is -2.21. The molecule has 0 spiro atoms. The highest BCUT2D eigenvalue weighted by Crippen LogP contribution is 2.35. The molecule has 3 aromatic rings. The Morgan fingerprint density at radius 3 is 2.68 bits per heavy atom. The lowest BCUT2D eigenvalue weighted by Gasteiger charge is -2.14. The number of hydrogen-bond donors (Lipinski definition) is 1. The first-order valence-corrected chi connectivity index (χ1v) is 12.9. The largest absolute Gasteiger partial charge is 0.366 e. The minimum atomic E-state index is -2.95. The zero-order chi connectivity index (χ0) is 19.9. The second-order valence-electron chi connectivity index (χ2n) is 6.94. The van der Waals surface area contributed by atoms with E-state index in [-0.39, 0.29) is 17.5 Å². The summed E-state index contributed by atoms with van der Waals surface area (Å²) in [5, 5.41) is 5.11. The monoisotopic (exact) mass is 453 g/mol. The summed E-state index contributed by atoms with van der Waals surface area (Å²) in [6.45, 7) is 4.14. The van der Waals surface area contributed by atoms with Crippen LogP contribution in [-0.4, -0.2) is 35.9 Å². The Balaban J connectivity index is 1.63. The fraction of sp³-hybridized carbons (Fsp3) is 0.368. The van der Waals surface area contributed by atoms with Crippen LogP contribution < -0.4 is 5.32 Å². The summed E-state index contributed by atoms with van der Waals surface area (Å²) in [4.78, 5) is 12.8. The first kappa shape index (κ1) is 19.9. The van der Waals surface area contributed by atoms with E-state index >= 15 is 0 Å². The molecular formula is C19H20ClN3O2S3. The van der Waals surface area contributed by atoms with Crippen LogP contribution in [0.2, 0.25) is 5.02 Å². The van der Waals surface area contributed by atoms with Gasteiger partial charge in [0.25, 0.3) is 0 Å². The van der Waals surface area contributed by atoms with Gasteiger partial charge in [-0.15, -0.1) is 23.1 Å². The topological polar surface area (TPSA) is 72.0 Å². The molecule has 28 heavy (non-hydrogen) atoms. The number of anilines is 1. The number of aryl methyl sites for hydroxylation is 2. The van der Waals surface area contributed by atoms with Gasteiger partial charge in [-0.3, -0.25) is 0 Å². The van der Waals surface area contributed by atoms with Gasteiger partial charge in [-0.1, -0.05) is 11.6 Å². The van der Waals surface area contributed by atoms with Crippen LogP contribution in [0.3, 0.4) is 0 Å². The average molecular weight is 454 g/mol. The summed E-state index contributed by atoms with van der Waals surface area (Å²) in [6.07, 6.45) is 0.616. The van der Waals surface area contributed by atoms with Crippen molar-refractivity contribution in [2.45, 2.75) is 37.0 Å². The number of aromatic nitrogens is 2. The second-order valence-corrected chi connectivity index (χ2v) is 11.9. The van der Waals surface area contributed by atoms with Crippen molar-refractivity contribution in [3.8, 4) is 0 Å². The molecule has 0 radical (unpaired) electrons. The SMILES string of the molecule is Cc1sc2nc(CSc3ccc(Cl)cc3)nc(N[C@@H]3CCS(=O)(=O)C3)c2c1C. The van der Waals surface area contributed by atoms with Crippen LogP contribution in [0, 0.1) is 13.8 Å². The molecule has 0 unspecified atom stereocenters. The molecule has 1 aromatic carbocycles.